The van der Waals surface area contributed by atoms with Gasteiger partial charge in [0.2, 0.25) is 0 Å². The molecule has 2 rings (SSSR count). The van der Waals surface area contributed by atoms with E-state index in [1.54, 1.807) is 0 Å². The zero-order chi connectivity index (χ0) is 8.93. The fourth-order valence-electron chi connectivity index (χ4n) is 3.31. The lowest BCUT2D eigenvalue weighted by Gasteiger charge is -2.34. The lowest BCUT2D eigenvalue weighted by molar-refractivity contribution is 0.113. The summed E-state index contributed by atoms with van der Waals surface area (Å²) in [5, 5.41) is 9.62. The van der Waals surface area contributed by atoms with Crippen LogP contribution in [-0.4, -0.2) is 19.3 Å². The van der Waals surface area contributed by atoms with E-state index in [9.17, 15) is 5.11 Å². The average Bonchev–Trinajstić information content (AvgIpc) is 2.41. The van der Waals surface area contributed by atoms with Crippen molar-refractivity contribution in [2.24, 2.45) is 11.8 Å². The largest absolute Gasteiger partial charge is 0.393 e. The highest BCUT2D eigenvalue weighted by Gasteiger charge is 2.49. The first-order valence-electron chi connectivity index (χ1n) is 5.16. The van der Waals surface area contributed by atoms with E-state index >= 15 is 0 Å². The summed E-state index contributed by atoms with van der Waals surface area (Å²) < 4.78 is 0. The van der Waals surface area contributed by atoms with Gasteiger partial charge in [-0.25, -0.2) is 0 Å². The Balaban J connectivity index is 2.08. The topological polar surface area (TPSA) is 20.2 Å². The summed E-state index contributed by atoms with van der Waals surface area (Å²) in [6, 6.07) is 0. The maximum Gasteiger partial charge on any atom is 0.0571 e. The van der Waals surface area contributed by atoms with Crippen molar-refractivity contribution in [2.75, 3.05) is 0 Å². The van der Waals surface area contributed by atoms with Gasteiger partial charge in [0, 0.05) is 8.07 Å². The lowest BCUT2D eigenvalue weighted by Crippen LogP contribution is -2.34. The molecule has 0 radical (unpaired) electrons. The first kappa shape index (κ1) is 8.76. The second-order valence-corrected chi connectivity index (χ2v) is 11.2. The number of hydrogen-bond donors (Lipinski definition) is 1. The van der Waals surface area contributed by atoms with Gasteiger partial charge in [-0.2, -0.15) is 0 Å². The second-order valence-electron chi connectivity index (χ2n) is 5.77. The number of aliphatic hydroxyl groups excluding tert-OH is 1. The van der Waals surface area contributed by atoms with Crippen LogP contribution in [0, 0.1) is 11.8 Å². The molecule has 2 aliphatic carbocycles. The van der Waals surface area contributed by atoms with Crippen LogP contribution in [0.5, 0.6) is 0 Å². The summed E-state index contributed by atoms with van der Waals surface area (Å²) in [6.07, 6.45) is 3.83. The van der Waals surface area contributed by atoms with Crippen LogP contribution in [0.2, 0.25) is 25.2 Å². The fraction of sp³-hybridized carbons (Fsp3) is 1.00. The predicted molar refractivity (Wildman–Crippen MR) is 53.9 cm³/mol. The Morgan fingerprint density at radius 3 is 2.00 bits per heavy atom. The maximum absolute atomic E-state index is 9.62. The molecule has 2 bridgehead atoms. The summed E-state index contributed by atoms with van der Waals surface area (Å²) in [5.41, 5.74) is 1.01. The van der Waals surface area contributed by atoms with E-state index in [-0.39, 0.29) is 6.10 Å². The molecule has 0 aromatic heterocycles. The van der Waals surface area contributed by atoms with Crippen molar-refractivity contribution in [3.05, 3.63) is 0 Å². The minimum Gasteiger partial charge on any atom is -0.393 e. The molecule has 0 heterocycles. The van der Waals surface area contributed by atoms with E-state index in [4.69, 9.17) is 0 Å². The summed E-state index contributed by atoms with van der Waals surface area (Å²) in [5.74, 6) is 1.56. The summed E-state index contributed by atoms with van der Waals surface area (Å²) in [6.45, 7) is 7.43. The van der Waals surface area contributed by atoms with E-state index in [0.29, 0.717) is 5.92 Å². The average molecular weight is 184 g/mol. The zero-order valence-corrected chi connectivity index (χ0v) is 9.38. The van der Waals surface area contributed by atoms with Crippen LogP contribution in [0.25, 0.3) is 0 Å². The molecule has 1 nitrogen and oxygen atoms in total. The van der Waals surface area contributed by atoms with Crippen LogP contribution >= 0.6 is 0 Å². The Bertz CT molecular complexity index is 183. The van der Waals surface area contributed by atoms with Crippen molar-refractivity contribution in [3.63, 3.8) is 0 Å². The highest BCUT2D eigenvalue weighted by molar-refractivity contribution is 6.77. The Kier molecular flexibility index (Phi) is 1.88. The van der Waals surface area contributed by atoms with Gasteiger partial charge in [0.25, 0.3) is 0 Å². The van der Waals surface area contributed by atoms with Gasteiger partial charge < -0.3 is 5.11 Å². The van der Waals surface area contributed by atoms with E-state index in [2.05, 4.69) is 19.6 Å². The van der Waals surface area contributed by atoms with Crippen LogP contribution in [0.15, 0.2) is 0 Å². The third-order valence-electron chi connectivity index (χ3n) is 3.93. The van der Waals surface area contributed by atoms with Crippen molar-refractivity contribution >= 4 is 8.07 Å². The third kappa shape index (κ3) is 1.25. The zero-order valence-electron chi connectivity index (χ0n) is 8.38. The molecule has 0 saturated heterocycles. The highest BCUT2D eigenvalue weighted by Crippen LogP contribution is 2.55. The Labute approximate surface area is 76.2 Å². The molecule has 4 atom stereocenters. The maximum atomic E-state index is 9.62. The van der Waals surface area contributed by atoms with Gasteiger partial charge >= 0.3 is 0 Å². The van der Waals surface area contributed by atoms with Crippen LogP contribution in [0.3, 0.4) is 0 Å². The van der Waals surface area contributed by atoms with Gasteiger partial charge in [0.05, 0.1) is 6.10 Å². The monoisotopic (exact) mass is 184 g/mol. The molecule has 0 aliphatic heterocycles. The Morgan fingerprint density at radius 2 is 1.67 bits per heavy atom. The van der Waals surface area contributed by atoms with Crippen LogP contribution in [0.4, 0.5) is 0 Å². The van der Waals surface area contributed by atoms with E-state index < -0.39 is 8.07 Å². The fourth-order valence-corrected chi connectivity index (χ4v) is 6.00. The molecule has 2 heteroatoms. The van der Waals surface area contributed by atoms with E-state index in [0.717, 1.165) is 17.9 Å². The number of aliphatic hydroxyl groups is 1. The summed E-state index contributed by atoms with van der Waals surface area (Å²) >= 11 is 0. The van der Waals surface area contributed by atoms with Gasteiger partial charge in [-0.05, 0) is 36.6 Å². The van der Waals surface area contributed by atoms with Gasteiger partial charge in [-0.15, -0.1) is 0 Å². The molecular weight excluding hydrogens is 164 g/mol. The Morgan fingerprint density at radius 1 is 1.00 bits per heavy atom. The quantitative estimate of drug-likeness (QED) is 0.621. The molecule has 0 amide bonds. The standard InChI is InChI=1S/C10H20OSi/c1-12(2,3)10-6-7-4-8(10)5-9(7)11/h7-11H,4-6H2,1-3H3. The van der Waals surface area contributed by atoms with Gasteiger partial charge in [0.1, 0.15) is 0 Å². The van der Waals surface area contributed by atoms with Crippen molar-refractivity contribution in [1.82, 2.24) is 0 Å². The second kappa shape index (κ2) is 2.58. The van der Waals surface area contributed by atoms with Gasteiger partial charge in [-0.3, -0.25) is 0 Å². The number of hydrogen-bond acceptors (Lipinski definition) is 1. The van der Waals surface area contributed by atoms with E-state index in [1.807, 2.05) is 0 Å². The predicted octanol–water partition coefficient (Wildman–Crippen LogP) is 2.49. The molecule has 4 unspecified atom stereocenters. The van der Waals surface area contributed by atoms with E-state index in [1.165, 1.54) is 12.8 Å². The Hall–Kier alpha value is 0.177. The van der Waals surface area contributed by atoms with Crippen molar-refractivity contribution < 1.29 is 5.11 Å². The molecule has 2 saturated carbocycles. The summed E-state index contributed by atoms with van der Waals surface area (Å²) in [4.78, 5) is 0. The van der Waals surface area contributed by atoms with Crippen molar-refractivity contribution in [3.8, 4) is 0 Å². The molecule has 70 valence electrons. The molecule has 0 aromatic carbocycles. The molecule has 1 N–H and O–H groups in total. The number of rotatable bonds is 1. The van der Waals surface area contributed by atoms with Gasteiger partial charge in [0.15, 0.2) is 0 Å². The third-order valence-corrected chi connectivity index (χ3v) is 6.86. The summed E-state index contributed by atoms with van der Waals surface area (Å²) in [7, 11) is -0.918. The highest BCUT2D eigenvalue weighted by atomic mass is 28.3. The van der Waals surface area contributed by atoms with Crippen LogP contribution in [0.1, 0.15) is 19.3 Å². The molecule has 12 heavy (non-hydrogen) atoms. The molecule has 0 spiro atoms. The minimum atomic E-state index is -0.918. The first-order chi connectivity index (χ1) is 5.48. The lowest BCUT2D eigenvalue weighted by atomic mass is 9.97. The van der Waals surface area contributed by atoms with Crippen molar-refractivity contribution in [2.45, 2.75) is 50.5 Å². The smallest absolute Gasteiger partial charge is 0.0571 e. The van der Waals surface area contributed by atoms with Crippen molar-refractivity contribution in [1.29, 1.82) is 0 Å². The van der Waals surface area contributed by atoms with Crippen LogP contribution in [-0.2, 0) is 0 Å². The first-order valence-corrected chi connectivity index (χ1v) is 8.74. The van der Waals surface area contributed by atoms with Crippen LogP contribution < -0.4 is 0 Å². The normalized spacial score (nSPS) is 47.0. The molecule has 2 aliphatic rings. The molecule has 2 fully saturated rings. The molecule has 0 aromatic rings. The number of fused-ring (bicyclic) bond motifs is 2. The SMILES string of the molecule is C[Si](C)(C)C1CC2CC1CC2O. The van der Waals surface area contributed by atoms with Gasteiger partial charge in [-0.1, -0.05) is 19.6 Å². The molecular formula is C10H20OSi. The minimum absolute atomic E-state index is 0.0580.